The molecule has 0 spiro atoms. The zero-order chi connectivity index (χ0) is 13.2. The third kappa shape index (κ3) is 2.70. The Morgan fingerprint density at radius 1 is 1.33 bits per heavy atom. The molecule has 1 aliphatic rings. The highest BCUT2D eigenvalue weighted by atomic mass is 19.1. The number of hydrogen-bond acceptors (Lipinski definition) is 2. The van der Waals surface area contributed by atoms with Crippen LogP contribution in [-0.4, -0.2) is 38.0 Å². The van der Waals surface area contributed by atoms with Gasteiger partial charge in [0.1, 0.15) is 5.82 Å². The number of nitrogens with zero attached hydrogens (tertiary/aromatic N) is 1. The maximum absolute atomic E-state index is 12.9. The summed E-state index contributed by atoms with van der Waals surface area (Å²) < 4.78 is 12.9. The summed E-state index contributed by atoms with van der Waals surface area (Å²) >= 11 is 0. The van der Waals surface area contributed by atoms with Gasteiger partial charge in [0.25, 0.3) is 0 Å². The van der Waals surface area contributed by atoms with Crippen molar-refractivity contribution in [2.24, 2.45) is 0 Å². The number of nitrogens with one attached hydrogen (secondary N) is 1. The van der Waals surface area contributed by atoms with E-state index in [4.69, 9.17) is 0 Å². The molecular weight excluding hydrogens is 231 g/mol. The zero-order valence-corrected chi connectivity index (χ0v) is 10.9. The van der Waals surface area contributed by atoms with Gasteiger partial charge in [0.05, 0.1) is 5.41 Å². The Morgan fingerprint density at radius 3 is 2.44 bits per heavy atom. The van der Waals surface area contributed by atoms with Crippen molar-refractivity contribution in [3.05, 3.63) is 35.6 Å². The van der Waals surface area contributed by atoms with Crippen molar-refractivity contribution in [3.63, 3.8) is 0 Å². The number of halogens is 1. The van der Waals surface area contributed by atoms with Gasteiger partial charge >= 0.3 is 0 Å². The molecule has 0 saturated heterocycles. The molecule has 98 valence electrons. The Balaban J connectivity index is 1.98. The molecule has 1 aromatic rings. The first-order chi connectivity index (χ1) is 8.54. The van der Waals surface area contributed by atoms with E-state index in [2.05, 4.69) is 5.32 Å². The molecule has 1 aromatic carbocycles. The Hall–Kier alpha value is -1.42. The maximum atomic E-state index is 12.9. The third-order valence-corrected chi connectivity index (χ3v) is 3.43. The minimum Gasteiger partial charge on any atom is -0.354 e. The van der Waals surface area contributed by atoms with Gasteiger partial charge in [-0.3, -0.25) is 4.79 Å². The molecule has 0 aromatic heterocycles. The second-order valence-corrected chi connectivity index (χ2v) is 5.15. The Bertz CT molecular complexity index is 424. The van der Waals surface area contributed by atoms with Crippen molar-refractivity contribution in [1.82, 2.24) is 10.2 Å². The highest BCUT2D eigenvalue weighted by Crippen LogP contribution is 2.48. The molecule has 4 heteroatoms. The van der Waals surface area contributed by atoms with Crippen LogP contribution in [0.1, 0.15) is 18.4 Å². The molecule has 18 heavy (non-hydrogen) atoms. The predicted molar refractivity (Wildman–Crippen MR) is 68.9 cm³/mol. The summed E-state index contributed by atoms with van der Waals surface area (Å²) in [6, 6.07) is 6.27. The lowest BCUT2D eigenvalue weighted by Gasteiger charge is -2.17. The van der Waals surface area contributed by atoms with Gasteiger partial charge in [-0.2, -0.15) is 0 Å². The van der Waals surface area contributed by atoms with Crippen LogP contribution in [0.5, 0.6) is 0 Å². The Labute approximate surface area is 107 Å². The van der Waals surface area contributed by atoms with Crippen molar-refractivity contribution in [1.29, 1.82) is 0 Å². The van der Waals surface area contributed by atoms with Crippen molar-refractivity contribution in [3.8, 4) is 0 Å². The second-order valence-electron chi connectivity index (χ2n) is 5.15. The number of rotatable bonds is 5. The van der Waals surface area contributed by atoms with Gasteiger partial charge in [-0.15, -0.1) is 0 Å². The van der Waals surface area contributed by atoms with Gasteiger partial charge in [-0.1, -0.05) is 12.1 Å². The average molecular weight is 250 g/mol. The molecular formula is C14H19FN2O. The van der Waals surface area contributed by atoms with Gasteiger partial charge in [0.15, 0.2) is 0 Å². The fraction of sp³-hybridized carbons (Fsp3) is 0.500. The molecule has 1 N–H and O–H groups in total. The molecule has 0 heterocycles. The van der Waals surface area contributed by atoms with Crippen molar-refractivity contribution >= 4 is 5.91 Å². The summed E-state index contributed by atoms with van der Waals surface area (Å²) in [6.07, 6.45) is 1.71. The van der Waals surface area contributed by atoms with E-state index in [-0.39, 0.29) is 11.7 Å². The topological polar surface area (TPSA) is 32.3 Å². The van der Waals surface area contributed by atoms with Crippen LogP contribution in [0.25, 0.3) is 0 Å². The molecule has 3 nitrogen and oxygen atoms in total. The quantitative estimate of drug-likeness (QED) is 0.859. The summed E-state index contributed by atoms with van der Waals surface area (Å²) in [5, 5.41) is 2.96. The van der Waals surface area contributed by atoms with E-state index < -0.39 is 5.41 Å². The first-order valence-corrected chi connectivity index (χ1v) is 6.24. The van der Waals surface area contributed by atoms with Gasteiger partial charge in [0.2, 0.25) is 5.91 Å². The first kappa shape index (κ1) is 13.0. The van der Waals surface area contributed by atoms with E-state index in [9.17, 15) is 9.18 Å². The largest absolute Gasteiger partial charge is 0.354 e. The molecule has 0 aliphatic heterocycles. The van der Waals surface area contributed by atoms with E-state index in [0.29, 0.717) is 6.54 Å². The van der Waals surface area contributed by atoms with Crippen LogP contribution in [0, 0.1) is 5.82 Å². The summed E-state index contributed by atoms with van der Waals surface area (Å²) in [6.45, 7) is 1.47. The van der Waals surface area contributed by atoms with E-state index in [1.54, 1.807) is 12.1 Å². The summed E-state index contributed by atoms with van der Waals surface area (Å²) in [7, 11) is 3.94. The lowest BCUT2D eigenvalue weighted by molar-refractivity contribution is -0.123. The maximum Gasteiger partial charge on any atom is 0.230 e. The van der Waals surface area contributed by atoms with Crippen LogP contribution in [0.3, 0.4) is 0 Å². The van der Waals surface area contributed by atoms with Crippen LogP contribution in [0.2, 0.25) is 0 Å². The Kier molecular flexibility index (Phi) is 3.66. The van der Waals surface area contributed by atoms with E-state index >= 15 is 0 Å². The minimum absolute atomic E-state index is 0.0657. The fourth-order valence-electron chi connectivity index (χ4n) is 2.10. The van der Waals surface area contributed by atoms with Crippen molar-refractivity contribution in [2.45, 2.75) is 18.3 Å². The Morgan fingerprint density at radius 2 is 1.94 bits per heavy atom. The monoisotopic (exact) mass is 250 g/mol. The molecule has 1 saturated carbocycles. The molecule has 0 radical (unpaired) electrons. The van der Waals surface area contributed by atoms with Crippen LogP contribution < -0.4 is 5.32 Å². The van der Waals surface area contributed by atoms with E-state index in [1.165, 1.54) is 12.1 Å². The predicted octanol–water partition coefficient (Wildman–Crippen LogP) is 1.54. The van der Waals surface area contributed by atoms with Crippen molar-refractivity contribution in [2.75, 3.05) is 27.2 Å². The minimum atomic E-state index is -0.403. The number of carbonyl (C=O) groups excluding carboxylic acids is 1. The number of amides is 1. The normalized spacial score (nSPS) is 16.7. The summed E-state index contributed by atoms with van der Waals surface area (Å²) in [5.74, 6) is -0.196. The molecule has 0 unspecified atom stereocenters. The molecule has 0 atom stereocenters. The van der Waals surface area contributed by atoms with E-state index in [1.807, 2.05) is 19.0 Å². The molecule has 1 amide bonds. The van der Waals surface area contributed by atoms with Crippen LogP contribution in [0.4, 0.5) is 4.39 Å². The van der Waals surface area contributed by atoms with Crippen LogP contribution in [0.15, 0.2) is 24.3 Å². The van der Waals surface area contributed by atoms with Crippen LogP contribution >= 0.6 is 0 Å². The standard InChI is InChI=1S/C14H19FN2O/c1-17(2)10-9-16-13(18)14(7-8-14)11-3-5-12(15)6-4-11/h3-6H,7-10H2,1-2H3,(H,16,18). The number of carbonyl (C=O) groups is 1. The molecule has 1 aliphatic carbocycles. The van der Waals surface area contributed by atoms with Crippen molar-refractivity contribution < 1.29 is 9.18 Å². The third-order valence-electron chi connectivity index (χ3n) is 3.43. The number of likely N-dealkylation sites (N-methyl/N-ethyl adjacent to an activating group) is 1. The summed E-state index contributed by atoms with van der Waals surface area (Å²) in [5.41, 5.74) is 0.520. The second kappa shape index (κ2) is 5.06. The van der Waals surface area contributed by atoms with Crippen LogP contribution in [-0.2, 0) is 10.2 Å². The zero-order valence-electron chi connectivity index (χ0n) is 10.9. The lowest BCUT2D eigenvalue weighted by Crippen LogP contribution is -2.38. The molecule has 2 rings (SSSR count). The van der Waals surface area contributed by atoms with Gasteiger partial charge < -0.3 is 10.2 Å². The number of benzene rings is 1. The van der Waals surface area contributed by atoms with Gasteiger partial charge in [0, 0.05) is 13.1 Å². The SMILES string of the molecule is CN(C)CCNC(=O)C1(c2ccc(F)cc2)CC1. The smallest absolute Gasteiger partial charge is 0.230 e. The molecule has 1 fully saturated rings. The van der Waals surface area contributed by atoms with Gasteiger partial charge in [-0.05, 0) is 44.6 Å². The molecule has 0 bridgehead atoms. The highest BCUT2D eigenvalue weighted by molar-refractivity contribution is 5.91. The lowest BCUT2D eigenvalue weighted by atomic mass is 9.95. The number of hydrogen-bond donors (Lipinski definition) is 1. The van der Waals surface area contributed by atoms with E-state index in [0.717, 1.165) is 24.9 Å². The highest BCUT2D eigenvalue weighted by Gasteiger charge is 2.50. The first-order valence-electron chi connectivity index (χ1n) is 6.24. The van der Waals surface area contributed by atoms with Gasteiger partial charge in [-0.25, -0.2) is 4.39 Å². The average Bonchev–Trinajstić information content (AvgIpc) is 3.10. The summed E-state index contributed by atoms with van der Waals surface area (Å²) in [4.78, 5) is 14.2. The fourth-order valence-corrected chi connectivity index (χ4v) is 2.10.